The number of nitrogens with one attached hydrogen (secondary N) is 2. The summed E-state index contributed by atoms with van der Waals surface area (Å²) in [5, 5.41) is 11.6. The number of ether oxygens (including phenoxy) is 1. The topological polar surface area (TPSA) is 122 Å². The maximum atomic E-state index is 12.6. The Morgan fingerprint density at radius 1 is 1.09 bits per heavy atom. The molecule has 1 atom stereocenters. The monoisotopic (exact) mass is 472 g/mol. The van der Waals surface area contributed by atoms with Crippen molar-refractivity contribution in [3.05, 3.63) is 59.7 Å². The normalized spacial score (nSPS) is 17.4. The molecule has 1 saturated carbocycles. The third-order valence-electron chi connectivity index (χ3n) is 6.44. The van der Waals surface area contributed by atoms with E-state index >= 15 is 0 Å². The Labute approximate surface area is 193 Å². The predicted molar refractivity (Wildman–Crippen MR) is 123 cm³/mol. The van der Waals surface area contributed by atoms with E-state index in [-0.39, 0.29) is 12.6 Å². The van der Waals surface area contributed by atoms with Crippen LogP contribution in [0.4, 0.5) is 4.79 Å². The zero-order valence-electron chi connectivity index (χ0n) is 18.4. The molecule has 0 aromatic heterocycles. The van der Waals surface area contributed by atoms with Crippen molar-refractivity contribution < 1.29 is 27.9 Å². The maximum Gasteiger partial charge on any atom is 0.407 e. The number of carboxylic acid groups (broad SMARTS) is 1. The van der Waals surface area contributed by atoms with E-state index in [1.54, 1.807) is 0 Å². The highest BCUT2D eigenvalue weighted by atomic mass is 32.2. The van der Waals surface area contributed by atoms with Crippen LogP contribution in [0.1, 0.15) is 43.7 Å². The van der Waals surface area contributed by atoms with Gasteiger partial charge in [0.05, 0.1) is 23.6 Å². The highest BCUT2D eigenvalue weighted by Gasteiger charge is 2.40. The molecule has 2 aliphatic rings. The Morgan fingerprint density at radius 2 is 1.67 bits per heavy atom. The number of carbonyl (C=O) groups excluding carboxylic acids is 1. The van der Waals surface area contributed by atoms with E-state index in [2.05, 4.69) is 10.0 Å². The molecule has 1 fully saturated rings. The van der Waals surface area contributed by atoms with Gasteiger partial charge in [-0.15, -0.1) is 0 Å². The van der Waals surface area contributed by atoms with Gasteiger partial charge in [-0.05, 0) is 42.0 Å². The summed E-state index contributed by atoms with van der Waals surface area (Å²) in [6, 6.07) is 14.6. The van der Waals surface area contributed by atoms with Crippen LogP contribution < -0.4 is 10.0 Å². The van der Waals surface area contributed by atoms with Gasteiger partial charge in [-0.25, -0.2) is 17.9 Å². The fourth-order valence-corrected chi connectivity index (χ4v) is 6.14. The van der Waals surface area contributed by atoms with Crippen LogP contribution in [0, 0.1) is 0 Å². The number of fused-ring (bicyclic) bond motifs is 3. The lowest BCUT2D eigenvalue weighted by atomic mass is 9.81. The Morgan fingerprint density at radius 3 is 2.18 bits per heavy atom. The highest BCUT2D eigenvalue weighted by Crippen LogP contribution is 2.48. The zero-order chi connectivity index (χ0) is 23.6. The summed E-state index contributed by atoms with van der Waals surface area (Å²) in [4.78, 5) is 23.8. The Kier molecular flexibility index (Phi) is 6.45. The summed E-state index contributed by atoms with van der Waals surface area (Å²) in [7, 11) is -3.74. The maximum absolute atomic E-state index is 12.6. The molecule has 0 aliphatic heterocycles. The van der Waals surface area contributed by atoms with E-state index in [4.69, 9.17) is 4.74 Å². The average Bonchev–Trinajstić information content (AvgIpc) is 2.98. The fraction of sp³-hybridized carbons (Fsp3) is 0.417. The van der Waals surface area contributed by atoms with Gasteiger partial charge in [0.2, 0.25) is 10.0 Å². The molecule has 2 aromatic carbocycles. The molecule has 2 aliphatic carbocycles. The molecule has 4 rings (SSSR count). The number of amides is 1. The Hall–Kier alpha value is -2.91. The Balaban J connectivity index is 1.44. The van der Waals surface area contributed by atoms with Crippen molar-refractivity contribution in [3.8, 4) is 11.1 Å². The van der Waals surface area contributed by atoms with Crippen LogP contribution in [0.3, 0.4) is 0 Å². The first-order chi connectivity index (χ1) is 15.7. The molecule has 2 aromatic rings. The second-order valence-electron chi connectivity index (χ2n) is 8.97. The first kappa shape index (κ1) is 23.3. The SMILES string of the molecule is CC1(COC(=O)NC(CC(=O)O)CS(=O)(=O)NC2CCC2)c2ccccc2-c2ccccc21. The molecule has 0 bridgehead atoms. The zero-order valence-corrected chi connectivity index (χ0v) is 19.2. The first-order valence-corrected chi connectivity index (χ1v) is 12.7. The lowest BCUT2D eigenvalue weighted by Crippen LogP contribution is -2.48. The van der Waals surface area contributed by atoms with Gasteiger partial charge in [0.15, 0.2) is 0 Å². The molecule has 3 N–H and O–H groups in total. The van der Waals surface area contributed by atoms with Crippen LogP contribution in [0.25, 0.3) is 11.1 Å². The molecule has 0 saturated heterocycles. The van der Waals surface area contributed by atoms with Gasteiger partial charge >= 0.3 is 12.1 Å². The average molecular weight is 473 g/mol. The highest BCUT2D eigenvalue weighted by molar-refractivity contribution is 7.89. The van der Waals surface area contributed by atoms with Crippen molar-refractivity contribution in [1.82, 2.24) is 10.0 Å². The number of sulfonamides is 1. The van der Waals surface area contributed by atoms with Gasteiger partial charge in [-0.3, -0.25) is 4.79 Å². The van der Waals surface area contributed by atoms with Gasteiger partial charge in [-0.1, -0.05) is 55.0 Å². The summed E-state index contributed by atoms with van der Waals surface area (Å²) in [6.45, 7) is 2.02. The van der Waals surface area contributed by atoms with E-state index in [1.165, 1.54) is 0 Å². The predicted octanol–water partition coefficient (Wildman–Crippen LogP) is 3.01. The molecule has 33 heavy (non-hydrogen) atoms. The molecular formula is C24H28N2O6S. The lowest BCUT2D eigenvalue weighted by molar-refractivity contribution is -0.137. The van der Waals surface area contributed by atoms with Crippen LogP contribution in [0.5, 0.6) is 0 Å². The standard InChI is InChI=1S/C24H28N2O6S/c1-24(20-11-4-2-9-18(20)19-10-3-5-12-21(19)24)15-32-23(29)25-17(13-22(27)28)14-33(30,31)26-16-7-6-8-16/h2-5,9-12,16-17,26H,6-8,13-15H2,1H3,(H,25,29)(H,27,28). The van der Waals surface area contributed by atoms with Crippen molar-refractivity contribution >= 4 is 22.1 Å². The number of carboxylic acids is 1. The summed E-state index contributed by atoms with van der Waals surface area (Å²) in [6.07, 6.45) is 1.12. The molecule has 1 amide bonds. The quantitative estimate of drug-likeness (QED) is 0.516. The second-order valence-corrected chi connectivity index (χ2v) is 10.8. The molecule has 0 heterocycles. The third kappa shape index (κ3) is 5.04. The summed E-state index contributed by atoms with van der Waals surface area (Å²) in [5.41, 5.74) is 3.65. The van der Waals surface area contributed by atoms with E-state index in [9.17, 15) is 23.1 Å². The van der Waals surface area contributed by atoms with Crippen LogP contribution in [-0.4, -0.2) is 50.0 Å². The van der Waals surface area contributed by atoms with E-state index in [0.717, 1.165) is 41.5 Å². The number of rotatable bonds is 9. The van der Waals surface area contributed by atoms with Crippen molar-refractivity contribution in [2.75, 3.05) is 12.4 Å². The minimum absolute atomic E-state index is 0.0275. The van der Waals surface area contributed by atoms with E-state index in [1.807, 2.05) is 55.5 Å². The number of aliphatic carboxylic acids is 1. The minimum atomic E-state index is -3.74. The molecule has 8 nitrogen and oxygen atoms in total. The summed E-state index contributed by atoms with van der Waals surface area (Å²) >= 11 is 0. The number of benzene rings is 2. The van der Waals surface area contributed by atoms with Gasteiger partial charge in [0.1, 0.15) is 6.61 Å². The van der Waals surface area contributed by atoms with E-state index < -0.39 is 45.7 Å². The molecule has 0 spiro atoms. The summed E-state index contributed by atoms with van der Waals surface area (Å²) < 4.78 is 32.9. The van der Waals surface area contributed by atoms with Crippen LogP contribution in [0.2, 0.25) is 0 Å². The molecule has 1 unspecified atom stereocenters. The molecule has 0 radical (unpaired) electrons. The van der Waals surface area contributed by atoms with Crippen molar-refractivity contribution in [2.24, 2.45) is 0 Å². The van der Waals surface area contributed by atoms with Crippen molar-refractivity contribution in [3.63, 3.8) is 0 Å². The molecular weight excluding hydrogens is 444 g/mol. The third-order valence-corrected chi connectivity index (χ3v) is 7.97. The van der Waals surface area contributed by atoms with Gasteiger partial charge in [0, 0.05) is 6.04 Å². The van der Waals surface area contributed by atoms with Gasteiger partial charge in [0.25, 0.3) is 0 Å². The van der Waals surface area contributed by atoms with Crippen molar-refractivity contribution in [2.45, 2.75) is 50.1 Å². The van der Waals surface area contributed by atoms with Crippen LogP contribution in [0.15, 0.2) is 48.5 Å². The van der Waals surface area contributed by atoms with Crippen LogP contribution >= 0.6 is 0 Å². The second kappa shape index (κ2) is 9.15. The fourth-order valence-electron chi connectivity index (χ4n) is 4.57. The van der Waals surface area contributed by atoms with Gasteiger partial charge < -0.3 is 15.2 Å². The minimum Gasteiger partial charge on any atom is -0.481 e. The van der Waals surface area contributed by atoms with Gasteiger partial charge in [-0.2, -0.15) is 0 Å². The van der Waals surface area contributed by atoms with Crippen molar-refractivity contribution in [1.29, 1.82) is 0 Å². The molecule has 176 valence electrons. The van der Waals surface area contributed by atoms with Crippen LogP contribution in [-0.2, 0) is 25.0 Å². The van der Waals surface area contributed by atoms with E-state index in [0.29, 0.717) is 0 Å². The lowest BCUT2D eigenvalue weighted by Gasteiger charge is -2.28. The smallest absolute Gasteiger partial charge is 0.407 e. The first-order valence-electron chi connectivity index (χ1n) is 11.0. The number of hydrogen-bond donors (Lipinski definition) is 3. The number of hydrogen-bond acceptors (Lipinski definition) is 5. The number of carbonyl (C=O) groups is 2. The molecule has 9 heteroatoms. The Bertz CT molecular complexity index is 1110. The largest absolute Gasteiger partial charge is 0.481 e. The number of alkyl carbamates (subject to hydrolysis) is 1. The summed E-state index contributed by atoms with van der Waals surface area (Å²) in [5.74, 6) is -1.72.